The molecule has 0 fully saturated rings. The maximum absolute atomic E-state index is 13.6. The highest BCUT2D eigenvalue weighted by molar-refractivity contribution is 5.90. The Morgan fingerprint density at radius 1 is 0.742 bits per heavy atom. The zero-order valence-electron chi connectivity index (χ0n) is 17.3. The van der Waals surface area contributed by atoms with Crippen LogP contribution in [0.1, 0.15) is 51.3 Å². The average Bonchev–Trinajstić information content (AvgIpc) is 3.29. The molecule has 1 heterocycles. The lowest BCUT2D eigenvalue weighted by atomic mass is 9.80. The van der Waals surface area contributed by atoms with Crippen LogP contribution in [0.5, 0.6) is 0 Å². The van der Waals surface area contributed by atoms with Crippen molar-refractivity contribution >= 4 is 5.97 Å². The fourth-order valence-corrected chi connectivity index (χ4v) is 4.53. The van der Waals surface area contributed by atoms with Gasteiger partial charge in [0.1, 0.15) is 0 Å². The summed E-state index contributed by atoms with van der Waals surface area (Å²) in [5.41, 5.74) is 4.06. The van der Waals surface area contributed by atoms with Gasteiger partial charge >= 0.3 is 5.97 Å². The first-order valence-corrected chi connectivity index (χ1v) is 10.7. The summed E-state index contributed by atoms with van der Waals surface area (Å²) < 4.78 is 6.49. The van der Waals surface area contributed by atoms with Gasteiger partial charge in [-0.15, -0.1) is 0 Å². The van der Waals surface area contributed by atoms with Gasteiger partial charge in [0, 0.05) is 27.9 Å². The van der Waals surface area contributed by atoms with Gasteiger partial charge in [0.15, 0.2) is 11.3 Å². The summed E-state index contributed by atoms with van der Waals surface area (Å²) in [5, 5.41) is 7.42. The SMILES string of the molecule is O=C(OC(c1ccccc1)(c1ccccc1)c1ccccc1)c1n[nH]c2c1CCCC2. The summed E-state index contributed by atoms with van der Waals surface area (Å²) in [7, 11) is 0. The molecule has 0 spiro atoms. The third kappa shape index (κ3) is 3.44. The molecule has 1 aliphatic rings. The number of hydrogen-bond acceptors (Lipinski definition) is 3. The molecule has 1 N–H and O–H groups in total. The number of carbonyl (C=O) groups excluding carboxylic acids is 1. The molecule has 4 heteroatoms. The first kappa shape index (κ1) is 19.3. The number of nitrogens with zero attached hydrogens (tertiary/aromatic N) is 1. The van der Waals surface area contributed by atoms with Gasteiger partial charge in [0.2, 0.25) is 0 Å². The van der Waals surface area contributed by atoms with E-state index in [4.69, 9.17) is 4.74 Å². The predicted octanol–water partition coefficient (Wildman–Crippen LogP) is 5.44. The first-order chi connectivity index (χ1) is 15.3. The van der Waals surface area contributed by atoms with E-state index in [0.29, 0.717) is 5.69 Å². The average molecular weight is 409 g/mol. The molecule has 5 rings (SSSR count). The van der Waals surface area contributed by atoms with E-state index in [1.54, 1.807) is 0 Å². The summed E-state index contributed by atoms with van der Waals surface area (Å²) in [6.45, 7) is 0. The second kappa shape index (κ2) is 8.23. The minimum atomic E-state index is -1.08. The molecule has 0 unspecified atom stereocenters. The molecule has 0 amide bonds. The Bertz CT molecular complexity index is 1070. The van der Waals surface area contributed by atoms with Crippen LogP contribution >= 0.6 is 0 Å². The standard InChI is InChI=1S/C27H24N2O2/c30-26(25-23-18-10-11-19-24(23)28-29-25)31-27(20-12-4-1-5-13-20,21-14-6-2-7-15-21)22-16-8-3-9-17-22/h1-9,12-17H,10-11,18-19H2,(H,28,29). The molecule has 1 aromatic heterocycles. The highest BCUT2D eigenvalue weighted by atomic mass is 16.6. The largest absolute Gasteiger partial charge is 0.439 e. The number of H-pyrrole nitrogens is 1. The van der Waals surface area contributed by atoms with E-state index >= 15 is 0 Å². The minimum absolute atomic E-state index is 0.405. The van der Waals surface area contributed by atoms with Crippen LogP contribution in [0.4, 0.5) is 0 Å². The van der Waals surface area contributed by atoms with E-state index in [1.807, 2.05) is 91.0 Å². The van der Waals surface area contributed by atoms with Crippen molar-refractivity contribution in [2.75, 3.05) is 0 Å². The number of benzene rings is 3. The van der Waals surface area contributed by atoms with Crippen LogP contribution in [-0.4, -0.2) is 16.2 Å². The van der Waals surface area contributed by atoms with Gasteiger partial charge in [0.25, 0.3) is 0 Å². The molecule has 1 aliphatic carbocycles. The van der Waals surface area contributed by atoms with Crippen LogP contribution < -0.4 is 0 Å². The molecule has 0 saturated heterocycles. The number of carbonyl (C=O) groups is 1. The summed E-state index contributed by atoms with van der Waals surface area (Å²) in [6, 6.07) is 29.8. The number of esters is 1. The van der Waals surface area contributed by atoms with Crippen LogP contribution in [0, 0.1) is 0 Å². The Balaban J connectivity index is 1.69. The van der Waals surface area contributed by atoms with Crippen molar-refractivity contribution in [3.63, 3.8) is 0 Å². The molecule has 31 heavy (non-hydrogen) atoms. The number of aromatic amines is 1. The molecule has 3 aromatic carbocycles. The molecule has 154 valence electrons. The second-order valence-corrected chi connectivity index (χ2v) is 7.91. The summed E-state index contributed by atoms with van der Waals surface area (Å²) >= 11 is 0. The van der Waals surface area contributed by atoms with E-state index in [0.717, 1.165) is 53.6 Å². The summed E-state index contributed by atoms with van der Waals surface area (Å²) in [4.78, 5) is 13.6. The molecular weight excluding hydrogens is 384 g/mol. The van der Waals surface area contributed by atoms with Crippen LogP contribution in [-0.2, 0) is 23.2 Å². The van der Waals surface area contributed by atoms with E-state index in [9.17, 15) is 4.79 Å². The highest BCUT2D eigenvalue weighted by Crippen LogP contribution is 2.41. The van der Waals surface area contributed by atoms with E-state index in [1.165, 1.54) is 0 Å². The lowest BCUT2D eigenvalue weighted by Gasteiger charge is -2.35. The van der Waals surface area contributed by atoms with Gasteiger partial charge in [-0.25, -0.2) is 4.79 Å². The third-order valence-corrected chi connectivity index (χ3v) is 6.04. The third-order valence-electron chi connectivity index (χ3n) is 6.04. The maximum atomic E-state index is 13.6. The van der Waals surface area contributed by atoms with Crippen LogP contribution in [0.25, 0.3) is 0 Å². The van der Waals surface area contributed by atoms with Crippen LogP contribution in [0.15, 0.2) is 91.0 Å². The quantitative estimate of drug-likeness (QED) is 0.353. The van der Waals surface area contributed by atoms with Crippen molar-refractivity contribution < 1.29 is 9.53 Å². The molecule has 0 radical (unpaired) electrons. The Morgan fingerprint density at radius 3 is 1.74 bits per heavy atom. The monoisotopic (exact) mass is 408 g/mol. The van der Waals surface area contributed by atoms with Crippen molar-refractivity contribution in [2.24, 2.45) is 0 Å². The fraction of sp³-hybridized carbons (Fsp3) is 0.185. The maximum Gasteiger partial charge on any atom is 0.360 e. The Morgan fingerprint density at radius 2 is 1.23 bits per heavy atom. The van der Waals surface area contributed by atoms with E-state index < -0.39 is 11.6 Å². The molecule has 0 aliphatic heterocycles. The highest BCUT2D eigenvalue weighted by Gasteiger charge is 2.41. The number of nitrogens with one attached hydrogen (secondary N) is 1. The van der Waals surface area contributed by atoms with Crippen molar-refractivity contribution in [1.29, 1.82) is 0 Å². The lowest BCUT2D eigenvalue weighted by molar-refractivity contribution is 0.0133. The molecule has 4 nitrogen and oxygen atoms in total. The van der Waals surface area contributed by atoms with Crippen molar-refractivity contribution in [2.45, 2.75) is 31.3 Å². The summed E-state index contributed by atoms with van der Waals surface area (Å²) in [6.07, 6.45) is 3.96. The van der Waals surface area contributed by atoms with Crippen molar-refractivity contribution in [3.05, 3.63) is 125 Å². The minimum Gasteiger partial charge on any atom is -0.439 e. The second-order valence-electron chi connectivity index (χ2n) is 7.91. The van der Waals surface area contributed by atoms with Gasteiger partial charge in [0.05, 0.1) is 0 Å². The van der Waals surface area contributed by atoms with Crippen LogP contribution in [0.2, 0.25) is 0 Å². The van der Waals surface area contributed by atoms with E-state index in [-0.39, 0.29) is 0 Å². The number of hydrogen-bond donors (Lipinski definition) is 1. The number of fused-ring (bicyclic) bond motifs is 1. The molecule has 0 bridgehead atoms. The normalized spacial score (nSPS) is 13.4. The fourth-order valence-electron chi connectivity index (χ4n) is 4.53. The Hall–Kier alpha value is -3.66. The van der Waals surface area contributed by atoms with Gasteiger partial charge in [-0.2, -0.15) is 5.10 Å². The van der Waals surface area contributed by atoms with Gasteiger partial charge < -0.3 is 4.74 Å². The number of aromatic nitrogens is 2. The van der Waals surface area contributed by atoms with Gasteiger partial charge in [-0.3, -0.25) is 5.10 Å². The van der Waals surface area contributed by atoms with Gasteiger partial charge in [-0.1, -0.05) is 91.0 Å². The number of rotatable bonds is 5. The first-order valence-electron chi connectivity index (χ1n) is 10.7. The lowest BCUT2D eigenvalue weighted by Crippen LogP contribution is -2.35. The number of ether oxygens (including phenoxy) is 1. The molecular formula is C27H24N2O2. The number of aryl methyl sites for hydroxylation is 1. The van der Waals surface area contributed by atoms with Crippen molar-refractivity contribution in [1.82, 2.24) is 10.2 Å². The Kier molecular flexibility index (Phi) is 5.13. The topological polar surface area (TPSA) is 55.0 Å². The molecule has 0 saturated carbocycles. The predicted molar refractivity (Wildman–Crippen MR) is 120 cm³/mol. The zero-order valence-corrected chi connectivity index (χ0v) is 17.3. The van der Waals surface area contributed by atoms with Gasteiger partial charge in [-0.05, 0) is 25.7 Å². The smallest absolute Gasteiger partial charge is 0.360 e. The zero-order chi connectivity index (χ0) is 21.1. The Labute approximate surface area is 181 Å². The van der Waals surface area contributed by atoms with Crippen molar-refractivity contribution in [3.8, 4) is 0 Å². The molecule has 0 atom stereocenters. The van der Waals surface area contributed by atoms with Crippen LogP contribution in [0.3, 0.4) is 0 Å². The molecule has 4 aromatic rings. The summed E-state index contributed by atoms with van der Waals surface area (Å²) in [5.74, 6) is -0.407. The van der Waals surface area contributed by atoms with E-state index in [2.05, 4.69) is 10.2 Å².